The van der Waals surface area contributed by atoms with Crippen LogP contribution in [0.3, 0.4) is 0 Å². The second-order valence-electron chi connectivity index (χ2n) is 3.78. The SMILES string of the molecule is CSc1ccc(C(=O)c2ccc(F)c(F)c2F)cc1. The lowest BCUT2D eigenvalue weighted by atomic mass is 10.0. The molecular weight excluding hydrogens is 273 g/mol. The van der Waals surface area contributed by atoms with Gasteiger partial charge in [-0.25, -0.2) is 13.2 Å². The minimum Gasteiger partial charge on any atom is -0.288 e. The van der Waals surface area contributed by atoms with Gasteiger partial charge in [0.05, 0.1) is 5.56 Å². The number of ketones is 1. The molecule has 0 saturated carbocycles. The lowest BCUT2D eigenvalue weighted by Gasteiger charge is -2.05. The van der Waals surface area contributed by atoms with Crippen molar-refractivity contribution in [1.82, 2.24) is 0 Å². The van der Waals surface area contributed by atoms with E-state index in [1.165, 1.54) is 23.9 Å². The molecule has 0 aromatic heterocycles. The van der Waals surface area contributed by atoms with Gasteiger partial charge in [0.1, 0.15) is 0 Å². The fraction of sp³-hybridized carbons (Fsp3) is 0.0714. The van der Waals surface area contributed by atoms with Gasteiger partial charge >= 0.3 is 0 Å². The highest BCUT2D eigenvalue weighted by atomic mass is 32.2. The van der Waals surface area contributed by atoms with E-state index in [1.807, 2.05) is 6.26 Å². The molecule has 0 aliphatic heterocycles. The summed E-state index contributed by atoms with van der Waals surface area (Å²) in [7, 11) is 0. The van der Waals surface area contributed by atoms with E-state index in [2.05, 4.69) is 0 Å². The molecule has 0 aliphatic rings. The number of benzene rings is 2. The number of rotatable bonds is 3. The van der Waals surface area contributed by atoms with Crippen LogP contribution in [0.1, 0.15) is 15.9 Å². The third-order valence-electron chi connectivity index (χ3n) is 2.63. The molecule has 19 heavy (non-hydrogen) atoms. The van der Waals surface area contributed by atoms with Gasteiger partial charge in [0, 0.05) is 10.5 Å². The maximum Gasteiger partial charge on any atom is 0.196 e. The quantitative estimate of drug-likeness (QED) is 0.480. The van der Waals surface area contributed by atoms with E-state index in [4.69, 9.17) is 0 Å². The zero-order chi connectivity index (χ0) is 14.0. The van der Waals surface area contributed by atoms with Crippen molar-refractivity contribution in [2.24, 2.45) is 0 Å². The van der Waals surface area contributed by atoms with Crippen molar-refractivity contribution < 1.29 is 18.0 Å². The maximum absolute atomic E-state index is 13.5. The summed E-state index contributed by atoms with van der Waals surface area (Å²) in [5.74, 6) is -5.08. The Labute approximate surface area is 112 Å². The van der Waals surface area contributed by atoms with Crippen molar-refractivity contribution in [3.8, 4) is 0 Å². The fourth-order valence-corrected chi connectivity index (χ4v) is 2.01. The molecule has 0 spiro atoms. The molecular formula is C14H9F3OS. The summed E-state index contributed by atoms with van der Waals surface area (Å²) >= 11 is 1.50. The second-order valence-corrected chi connectivity index (χ2v) is 4.66. The van der Waals surface area contributed by atoms with E-state index in [0.29, 0.717) is 0 Å². The highest BCUT2D eigenvalue weighted by Crippen LogP contribution is 2.20. The lowest BCUT2D eigenvalue weighted by Crippen LogP contribution is -2.07. The minimum atomic E-state index is -1.63. The van der Waals surface area contributed by atoms with Crippen LogP contribution in [-0.4, -0.2) is 12.0 Å². The fourth-order valence-electron chi connectivity index (χ4n) is 1.60. The minimum absolute atomic E-state index is 0.225. The van der Waals surface area contributed by atoms with Gasteiger partial charge in [0.15, 0.2) is 23.2 Å². The average Bonchev–Trinajstić information content (AvgIpc) is 2.44. The first kappa shape index (κ1) is 13.7. The summed E-state index contributed by atoms with van der Waals surface area (Å²) in [4.78, 5) is 12.9. The number of hydrogen-bond acceptors (Lipinski definition) is 2. The van der Waals surface area contributed by atoms with Crippen molar-refractivity contribution in [3.63, 3.8) is 0 Å². The van der Waals surface area contributed by atoms with E-state index in [-0.39, 0.29) is 5.56 Å². The third-order valence-corrected chi connectivity index (χ3v) is 3.38. The summed E-state index contributed by atoms with van der Waals surface area (Å²) < 4.78 is 39.4. The van der Waals surface area contributed by atoms with Gasteiger partial charge < -0.3 is 0 Å². The zero-order valence-electron chi connectivity index (χ0n) is 9.91. The van der Waals surface area contributed by atoms with Gasteiger partial charge in [-0.2, -0.15) is 0 Å². The van der Waals surface area contributed by atoms with Crippen molar-refractivity contribution in [3.05, 3.63) is 65.0 Å². The Kier molecular flexibility index (Phi) is 3.95. The molecule has 0 unspecified atom stereocenters. The highest BCUT2D eigenvalue weighted by Gasteiger charge is 2.19. The Balaban J connectivity index is 2.41. The largest absolute Gasteiger partial charge is 0.288 e. The number of carbonyl (C=O) groups is 1. The molecule has 0 amide bonds. The number of thioether (sulfide) groups is 1. The summed E-state index contributed by atoms with van der Waals surface area (Å²) in [6, 6.07) is 8.13. The highest BCUT2D eigenvalue weighted by molar-refractivity contribution is 7.98. The van der Waals surface area contributed by atoms with Crippen LogP contribution in [0.2, 0.25) is 0 Å². The summed E-state index contributed by atoms with van der Waals surface area (Å²) in [6.45, 7) is 0. The molecule has 0 atom stereocenters. The molecule has 5 heteroatoms. The monoisotopic (exact) mass is 282 g/mol. The maximum atomic E-state index is 13.5. The Hall–Kier alpha value is -1.75. The summed E-state index contributed by atoms with van der Waals surface area (Å²) in [5.41, 5.74) is -0.251. The van der Waals surface area contributed by atoms with Crippen LogP contribution >= 0.6 is 11.8 Å². The van der Waals surface area contributed by atoms with Crippen LogP contribution in [0.25, 0.3) is 0 Å². The van der Waals surface area contributed by atoms with Gasteiger partial charge in [-0.05, 0) is 42.7 Å². The Morgan fingerprint density at radius 3 is 2.16 bits per heavy atom. The smallest absolute Gasteiger partial charge is 0.196 e. The van der Waals surface area contributed by atoms with Crippen molar-refractivity contribution in [2.45, 2.75) is 4.90 Å². The molecule has 0 N–H and O–H groups in total. The van der Waals surface area contributed by atoms with Crippen molar-refractivity contribution in [1.29, 1.82) is 0 Å². The first-order valence-electron chi connectivity index (χ1n) is 5.37. The van der Waals surface area contributed by atoms with E-state index >= 15 is 0 Å². The second kappa shape index (κ2) is 5.48. The first-order valence-corrected chi connectivity index (χ1v) is 6.59. The Bertz CT molecular complexity index is 623. The summed E-state index contributed by atoms with van der Waals surface area (Å²) in [6.07, 6.45) is 1.88. The van der Waals surface area contributed by atoms with Crippen molar-refractivity contribution in [2.75, 3.05) is 6.26 Å². The molecule has 1 nitrogen and oxygen atoms in total. The topological polar surface area (TPSA) is 17.1 Å². The summed E-state index contributed by atoms with van der Waals surface area (Å²) in [5, 5.41) is 0. The number of hydrogen-bond donors (Lipinski definition) is 0. The van der Waals surface area contributed by atoms with Crippen LogP contribution in [0.5, 0.6) is 0 Å². The first-order chi connectivity index (χ1) is 9.04. The molecule has 0 fully saturated rings. The van der Waals surface area contributed by atoms with Crippen LogP contribution in [0.4, 0.5) is 13.2 Å². The molecule has 0 aliphatic carbocycles. The van der Waals surface area contributed by atoms with Gasteiger partial charge in [0.2, 0.25) is 0 Å². The van der Waals surface area contributed by atoms with Gasteiger partial charge in [0.25, 0.3) is 0 Å². The van der Waals surface area contributed by atoms with Crippen molar-refractivity contribution >= 4 is 17.5 Å². The molecule has 2 rings (SSSR count). The van der Waals surface area contributed by atoms with E-state index in [0.717, 1.165) is 17.0 Å². The normalized spacial score (nSPS) is 10.5. The van der Waals surface area contributed by atoms with Gasteiger partial charge in [-0.3, -0.25) is 4.79 Å². The number of carbonyl (C=O) groups excluding carboxylic acids is 1. The van der Waals surface area contributed by atoms with Gasteiger partial charge in [-0.1, -0.05) is 0 Å². The Morgan fingerprint density at radius 2 is 1.58 bits per heavy atom. The standard InChI is InChI=1S/C14H9F3OS/c1-19-9-4-2-8(3-5-9)14(18)10-6-7-11(15)13(17)12(10)16/h2-7H,1H3. The molecule has 0 saturated heterocycles. The predicted octanol–water partition coefficient (Wildman–Crippen LogP) is 4.06. The third kappa shape index (κ3) is 2.66. The zero-order valence-corrected chi connectivity index (χ0v) is 10.7. The average molecular weight is 282 g/mol. The van der Waals surface area contributed by atoms with Crippen LogP contribution < -0.4 is 0 Å². The Morgan fingerprint density at radius 1 is 0.947 bits per heavy atom. The molecule has 0 bridgehead atoms. The molecule has 0 heterocycles. The van der Waals surface area contributed by atoms with E-state index in [1.54, 1.807) is 12.1 Å². The van der Waals surface area contributed by atoms with Crippen LogP contribution in [0, 0.1) is 17.5 Å². The molecule has 2 aromatic carbocycles. The van der Waals surface area contributed by atoms with E-state index < -0.39 is 28.8 Å². The molecule has 98 valence electrons. The predicted molar refractivity (Wildman–Crippen MR) is 68.0 cm³/mol. The molecule has 2 aromatic rings. The van der Waals surface area contributed by atoms with Crippen LogP contribution in [0.15, 0.2) is 41.3 Å². The van der Waals surface area contributed by atoms with Gasteiger partial charge in [-0.15, -0.1) is 11.8 Å². The lowest BCUT2D eigenvalue weighted by molar-refractivity contribution is 0.103. The number of halogens is 3. The molecule has 0 radical (unpaired) electrons. The van der Waals surface area contributed by atoms with Crippen LogP contribution in [-0.2, 0) is 0 Å². The van der Waals surface area contributed by atoms with E-state index in [9.17, 15) is 18.0 Å².